The number of benzene rings is 2. The van der Waals surface area contributed by atoms with Crippen LogP contribution in [0.25, 0.3) is 0 Å². The first-order valence-corrected chi connectivity index (χ1v) is 5.50. The van der Waals surface area contributed by atoms with Crippen molar-refractivity contribution in [2.75, 3.05) is 5.32 Å². The number of carbonyl (C=O) groups is 1. The van der Waals surface area contributed by atoms with Crippen molar-refractivity contribution < 1.29 is 18.0 Å². The minimum atomic E-state index is -1.22. The normalized spacial score (nSPS) is 10.3. The van der Waals surface area contributed by atoms with E-state index in [0.717, 1.165) is 12.1 Å². The molecule has 0 spiro atoms. The number of aryl methyl sites for hydroxylation is 1. The van der Waals surface area contributed by atoms with E-state index < -0.39 is 28.9 Å². The molecule has 0 aliphatic heterocycles. The molecule has 0 unspecified atom stereocenters. The summed E-state index contributed by atoms with van der Waals surface area (Å²) < 4.78 is 39.6. The van der Waals surface area contributed by atoms with Crippen LogP contribution < -0.4 is 5.32 Å². The first-order valence-electron chi connectivity index (χ1n) is 5.50. The van der Waals surface area contributed by atoms with Crippen molar-refractivity contribution in [2.24, 2.45) is 0 Å². The molecule has 0 atom stereocenters. The van der Waals surface area contributed by atoms with Crippen LogP contribution in [0.3, 0.4) is 0 Å². The van der Waals surface area contributed by atoms with Gasteiger partial charge in [0, 0.05) is 5.69 Å². The quantitative estimate of drug-likeness (QED) is 0.882. The Morgan fingerprint density at radius 1 is 1.11 bits per heavy atom. The molecule has 1 N–H and O–H groups in total. The summed E-state index contributed by atoms with van der Waals surface area (Å²) in [6.45, 7) is 1.54. The molecule has 0 aromatic heterocycles. The maximum absolute atomic E-state index is 13.5. The van der Waals surface area contributed by atoms with Crippen LogP contribution >= 0.6 is 0 Å². The molecule has 0 fully saturated rings. The van der Waals surface area contributed by atoms with Gasteiger partial charge in [0.1, 0.15) is 5.82 Å². The van der Waals surface area contributed by atoms with Gasteiger partial charge in [0.25, 0.3) is 5.91 Å². The third-order valence-electron chi connectivity index (χ3n) is 2.50. The summed E-state index contributed by atoms with van der Waals surface area (Å²) in [5, 5.41) is 2.31. The zero-order valence-electron chi connectivity index (χ0n) is 10.0. The molecule has 0 saturated carbocycles. The average Bonchev–Trinajstić information content (AvgIpc) is 2.33. The van der Waals surface area contributed by atoms with Crippen molar-refractivity contribution in [1.82, 2.24) is 0 Å². The largest absolute Gasteiger partial charge is 0.322 e. The van der Waals surface area contributed by atoms with E-state index in [2.05, 4.69) is 5.32 Å². The van der Waals surface area contributed by atoms with Crippen molar-refractivity contribution in [3.63, 3.8) is 0 Å². The van der Waals surface area contributed by atoms with Crippen LogP contribution in [0.2, 0.25) is 0 Å². The van der Waals surface area contributed by atoms with Crippen molar-refractivity contribution in [3.05, 3.63) is 65.0 Å². The Morgan fingerprint density at radius 2 is 1.84 bits per heavy atom. The average molecular weight is 265 g/mol. The lowest BCUT2D eigenvalue weighted by molar-refractivity contribution is 0.102. The van der Waals surface area contributed by atoms with Crippen LogP contribution in [0.5, 0.6) is 0 Å². The first-order chi connectivity index (χ1) is 8.97. The molecule has 2 aromatic carbocycles. The molecular weight excluding hydrogens is 255 g/mol. The smallest absolute Gasteiger partial charge is 0.258 e. The lowest BCUT2D eigenvalue weighted by Gasteiger charge is -2.07. The van der Waals surface area contributed by atoms with E-state index in [9.17, 15) is 18.0 Å². The topological polar surface area (TPSA) is 29.1 Å². The summed E-state index contributed by atoms with van der Waals surface area (Å²) in [5.41, 5.74) is 0.177. The predicted molar refractivity (Wildman–Crippen MR) is 65.4 cm³/mol. The summed E-state index contributed by atoms with van der Waals surface area (Å²) in [4.78, 5) is 11.8. The second-order valence-corrected chi connectivity index (χ2v) is 4.07. The molecule has 0 saturated heterocycles. The van der Waals surface area contributed by atoms with Crippen LogP contribution in [-0.4, -0.2) is 5.91 Å². The lowest BCUT2D eigenvalue weighted by Crippen LogP contribution is -2.15. The van der Waals surface area contributed by atoms with Crippen molar-refractivity contribution in [1.29, 1.82) is 0 Å². The highest BCUT2D eigenvalue weighted by Crippen LogP contribution is 2.17. The van der Waals surface area contributed by atoms with Crippen molar-refractivity contribution in [2.45, 2.75) is 6.92 Å². The second-order valence-electron chi connectivity index (χ2n) is 4.07. The van der Waals surface area contributed by atoms with Gasteiger partial charge in [-0.05, 0) is 42.8 Å². The summed E-state index contributed by atoms with van der Waals surface area (Å²) in [6.07, 6.45) is 0. The number of hydrogen-bond donors (Lipinski definition) is 1. The van der Waals surface area contributed by atoms with E-state index in [4.69, 9.17) is 0 Å². The molecule has 19 heavy (non-hydrogen) atoms. The van der Waals surface area contributed by atoms with Crippen LogP contribution in [0.15, 0.2) is 36.4 Å². The van der Waals surface area contributed by atoms with Gasteiger partial charge in [-0.3, -0.25) is 4.79 Å². The zero-order valence-corrected chi connectivity index (χ0v) is 10.0. The van der Waals surface area contributed by atoms with Gasteiger partial charge in [-0.15, -0.1) is 0 Å². The molecule has 0 radical (unpaired) electrons. The van der Waals surface area contributed by atoms with Gasteiger partial charge in [0.2, 0.25) is 0 Å². The van der Waals surface area contributed by atoms with Crippen LogP contribution in [-0.2, 0) is 0 Å². The maximum Gasteiger partial charge on any atom is 0.258 e. The number of amides is 1. The standard InChI is InChI=1S/C14H10F3NO/c1-8-5-11(13(17)12(16)6-8)14(19)18-10-4-2-3-9(15)7-10/h2-7H,1H3,(H,18,19). The number of halogens is 3. The Morgan fingerprint density at radius 3 is 2.53 bits per heavy atom. The van der Waals surface area contributed by atoms with Crippen LogP contribution in [0.4, 0.5) is 18.9 Å². The Labute approximate surface area is 107 Å². The lowest BCUT2D eigenvalue weighted by atomic mass is 10.1. The van der Waals surface area contributed by atoms with Gasteiger partial charge >= 0.3 is 0 Å². The van der Waals surface area contributed by atoms with Gasteiger partial charge in [0.15, 0.2) is 11.6 Å². The molecule has 0 bridgehead atoms. The fraction of sp³-hybridized carbons (Fsp3) is 0.0714. The minimum absolute atomic E-state index is 0.173. The van der Waals surface area contributed by atoms with Gasteiger partial charge in [0.05, 0.1) is 5.56 Å². The molecule has 5 heteroatoms. The van der Waals surface area contributed by atoms with E-state index in [1.54, 1.807) is 6.92 Å². The third kappa shape index (κ3) is 2.93. The number of carbonyl (C=O) groups excluding carboxylic acids is 1. The van der Waals surface area contributed by atoms with E-state index >= 15 is 0 Å². The number of rotatable bonds is 2. The third-order valence-corrected chi connectivity index (χ3v) is 2.50. The Kier molecular flexibility index (Phi) is 3.55. The fourth-order valence-electron chi connectivity index (χ4n) is 1.65. The molecule has 2 nitrogen and oxygen atoms in total. The van der Waals surface area contributed by atoms with Crippen LogP contribution in [0.1, 0.15) is 15.9 Å². The fourth-order valence-corrected chi connectivity index (χ4v) is 1.65. The van der Waals surface area contributed by atoms with E-state index in [1.807, 2.05) is 0 Å². The van der Waals surface area contributed by atoms with Crippen LogP contribution in [0, 0.1) is 24.4 Å². The van der Waals surface area contributed by atoms with E-state index in [1.165, 1.54) is 24.3 Å². The summed E-state index contributed by atoms with van der Waals surface area (Å²) in [5.74, 6) is -3.68. The van der Waals surface area contributed by atoms with Crippen molar-refractivity contribution in [3.8, 4) is 0 Å². The zero-order chi connectivity index (χ0) is 14.0. The van der Waals surface area contributed by atoms with Gasteiger partial charge in [-0.1, -0.05) is 6.07 Å². The summed E-state index contributed by atoms with van der Waals surface area (Å²) in [7, 11) is 0. The molecule has 2 rings (SSSR count). The second kappa shape index (κ2) is 5.14. The Bertz CT molecular complexity index is 641. The highest BCUT2D eigenvalue weighted by atomic mass is 19.2. The monoisotopic (exact) mass is 265 g/mol. The molecule has 2 aromatic rings. The molecule has 0 heterocycles. The van der Waals surface area contributed by atoms with Gasteiger partial charge < -0.3 is 5.32 Å². The van der Waals surface area contributed by atoms with Gasteiger partial charge in [-0.2, -0.15) is 0 Å². The highest BCUT2D eigenvalue weighted by Gasteiger charge is 2.16. The Balaban J connectivity index is 2.30. The predicted octanol–water partition coefficient (Wildman–Crippen LogP) is 3.66. The maximum atomic E-state index is 13.5. The molecular formula is C14H10F3NO. The SMILES string of the molecule is Cc1cc(F)c(F)c(C(=O)Nc2cccc(F)c2)c1. The Hall–Kier alpha value is -2.30. The van der Waals surface area contributed by atoms with E-state index in [-0.39, 0.29) is 5.69 Å². The number of nitrogens with one attached hydrogen (secondary N) is 1. The van der Waals surface area contributed by atoms with Gasteiger partial charge in [-0.25, -0.2) is 13.2 Å². The number of anilines is 1. The van der Waals surface area contributed by atoms with E-state index in [0.29, 0.717) is 5.56 Å². The molecule has 98 valence electrons. The highest BCUT2D eigenvalue weighted by molar-refractivity contribution is 6.04. The molecule has 0 aliphatic carbocycles. The number of hydrogen-bond acceptors (Lipinski definition) is 1. The van der Waals surface area contributed by atoms with Crippen molar-refractivity contribution >= 4 is 11.6 Å². The first kappa shape index (κ1) is 13.1. The minimum Gasteiger partial charge on any atom is -0.322 e. The summed E-state index contributed by atoms with van der Waals surface area (Å²) in [6, 6.07) is 7.37. The molecule has 0 aliphatic rings. The molecule has 1 amide bonds. The summed E-state index contributed by atoms with van der Waals surface area (Å²) >= 11 is 0.